The number of halogens is 2. The number of fused-ring (bicyclic) bond motifs is 1. The van der Waals surface area contributed by atoms with Gasteiger partial charge in [0.1, 0.15) is 0 Å². The van der Waals surface area contributed by atoms with Gasteiger partial charge in [-0.05, 0) is 35.9 Å². The molecule has 0 aliphatic heterocycles. The highest BCUT2D eigenvalue weighted by atomic mass is 35.5. The molecule has 0 radical (unpaired) electrons. The summed E-state index contributed by atoms with van der Waals surface area (Å²) in [4.78, 5) is 23.8. The van der Waals surface area contributed by atoms with Crippen LogP contribution in [0.15, 0.2) is 53.1 Å². The molecule has 1 amide bonds. The zero-order valence-electron chi connectivity index (χ0n) is 12.8. The summed E-state index contributed by atoms with van der Waals surface area (Å²) in [6.45, 7) is 0. The molecule has 3 aromatic rings. The van der Waals surface area contributed by atoms with Crippen LogP contribution in [0.4, 0.5) is 4.39 Å². The number of carbonyl (C=O) groups is 2. The maximum Gasteiger partial charge on any atom is 0.305 e. The van der Waals surface area contributed by atoms with Gasteiger partial charge in [-0.25, -0.2) is 4.39 Å². The predicted molar refractivity (Wildman–Crippen MR) is 90.1 cm³/mol. The Morgan fingerprint density at radius 3 is 2.76 bits per heavy atom. The van der Waals surface area contributed by atoms with Crippen LogP contribution in [0.25, 0.3) is 11.0 Å². The van der Waals surface area contributed by atoms with E-state index in [4.69, 9.17) is 21.1 Å². The van der Waals surface area contributed by atoms with Crippen molar-refractivity contribution in [1.29, 1.82) is 0 Å². The lowest BCUT2D eigenvalue weighted by atomic mass is 10.0. The second kappa shape index (κ2) is 6.94. The van der Waals surface area contributed by atoms with Gasteiger partial charge in [0.25, 0.3) is 5.91 Å². The van der Waals surface area contributed by atoms with Gasteiger partial charge in [0, 0.05) is 10.4 Å². The highest BCUT2D eigenvalue weighted by Crippen LogP contribution is 2.25. The Morgan fingerprint density at radius 2 is 2.04 bits per heavy atom. The second-order valence-electron chi connectivity index (χ2n) is 5.44. The van der Waals surface area contributed by atoms with Crippen molar-refractivity contribution in [3.05, 3.63) is 70.7 Å². The van der Waals surface area contributed by atoms with Crippen LogP contribution in [0.5, 0.6) is 0 Å². The van der Waals surface area contributed by atoms with Crippen LogP contribution >= 0.6 is 11.6 Å². The topological polar surface area (TPSA) is 79.5 Å². The van der Waals surface area contributed by atoms with Crippen LogP contribution in [0.2, 0.25) is 5.02 Å². The van der Waals surface area contributed by atoms with E-state index in [0.717, 1.165) is 6.07 Å². The Morgan fingerprint density at radius 1 is 1.24 bits per heavy atom. The van der Waals surface area contributed by atoms with Crippen LogP contribution in [-0.4, -0.2) is 17.0 Å². The van der Waals surface area contributed by atoms with E-state index < -0.39 is 23.7 Å². The first-order chi connectivity index (χ1) is 12.0. The van der Waals surface area contributed by atoms with E-state index in [1.165, 1.54) is 18.4 Å². The number of benzene rings is 2. The highest BCUT2D eigenvalue weighted by Gasteiger charge is 2.21. The summed E-state index contributed by atoms with van der Waals surface area (Å²) < 4.78 is 18.7. The van der Waals surface area contributed by atoms with Crippen molar-refractivity contribution < 1.29 is 23.5 Å². The molecule has 0 saturated carbocycles. The zero-order valence-corrected chi connectivity index (χ0v) is 13.6. The molecule has 3 rings (SSSR count). The van der Waals surface area contributed by atoms with Crippen LogP contribution in [0.1, 0.15) is 28.4 Å². The van der Waals surface area contributed by atoms with Crippen LogP contribution in [-0.2, 0) is 4.79 Å². The number of hydrogen-bond acceptors (Lipinski definition) is 3. The van der Waals surface area contributed by atoms with Crippen molar-refractivity contribution in [3.8, 4) is 0 Å². The van der Waals surface area contributed by atoms with E-state index in [2.05, 4.69) is 5.32 Å². The molecule has 0 spiro atoms. The van der Waals surface area contributed by atoms with Crippen molar-refractivity contribution in [2.75, 3.05) is 0 Å². The van der Waals surface area contributed by atoms with Gasteiger partial charge in [-0.1, -0.05) is 23.7 Å². The standard InChI is InChI=1S/C18H13ClFNO4/c19-11-3-1-2-10(8-11)15(9-16(22)23)21-18(24)13-4-5-14(20)17-12(13)6-7-25-17/h1-8,15H,9H2,(H,21,24)(H,22,23)/t15-/m1/s1. The van der Waals surface area contributed by atoms with Crippen LogP contribution in [0.3, 0.4) is 0 Å². The molecule has 0 aliphatic rings. The van der Waals surface area contributed by atoms with Gasteiger partial charge in [0.2, 0.25) is 0 Å². The summed E-state index contributed by atoms with van der Waals surface area (Å²) in [7, 11) is 0. The maximum absolute atomic E-state index is 13.7. The Kier molecular flexibility index (Phi) is 4.72. The lowest BCUT2D eigenvalue weighted by molar-refractivity contribution is -0.137. The average molecular weight is 362 g/mol. The summed E-state index contributed by atoms with van der Waals surface area (Å²) in [6, 6.07) is 9.76. The van der Waals surface area contributed by atoms with Crippen molar-refractivity contribution in [1.82, 2.24) is 5.32 Å². The second-order valence-corrected chi connectivity index (χ2v) is 5.87. The van der Waals surface area contributed by atoms with E-state index in [0.29, 0.717) is 16.0 Å². The summed E-state index contributed by atoms with van der Waals surface area (Å²) in [5.74, 6) is -2.18. The average Bonchev–Trinajstić information content (AvgIpc) is 3.04. The minimum atomic E-state index is -1.07. The molecule has 1 aromatic heterocycles. The molecular weight excluding hydrogens is 349 g/mol. The summed E-state index contributed by atoms with van der Waals surface area (Å²) in [6.07, 6.45) is 0.970. The van der Waals surface area contributed by atoms with Crippen molar-refractivity contribution >= 4 is 34.4 Å². The predicted octanol–water partition coefficient (Wildman–Crippen LogP) is 4.17. The summed E-state index contributed by atoms with van der Waals surface area (Å²) in [5, 5.41) is 12.5. The van der Waals surface area contributed by atoms with Crippen molar-refractivity contribution in [2.24, 2.45) is 0 Å². The van der Waals surface area contributed by atoms with Gasteiger partial charge in [0.05, 0.1) is 24.3 Å². The molecule has 1 atom stereocenters. The first-order valence-corrected chi connectivity index (χ1v) is 7.77. The lowest BCUT2D eigenvalue weighted by Gasteiger charge is -2.18. The van der Waals surface area contributed by atoms with Gasteiger partial charge in [0.15, 0.2) is 11.4 Å². The Bertz CT molecular complexity index is 953. The van der Waals surface area contributed by atoms with Crippen LogP contribution < -0.4 is 5.32 Å². The molecule has 0 unspecified atom stereocenters. The minimum Gasteiger partial charge on any atom is -0.481 e. The van der Waals surface area contributed by atoms with E-state index in [9.17, 15) is 14.0 Å². The van der Waals surface area contributed by atoms with Gasteiger partial charge in [-0.15, -0.1) is 0 Å². The molecule has 7 heteroatoms. The summed E-state index contributed by atoms with van der Waals surface area (Å²) in [5.41, 5.74) is 0.738. The summed E-state index contributed by atoms with van der Waals surface area (Å²) >= 11 is 5.95. The van der Waals surface area contributed by atoms with Gasteiger partial charge < -0.3 is 14.8 Å². The number of carboxylic acids is 1. The number of hydrogen-bond donors (Lipinski definition) is 2. The first-order valence-electron chi connectivity index (χ1n) is 7.39. The van der Waals surface area contributed by atoms with Gasteiger partial charge in [-0.3, -0.25) is 9.59 Å². The highest BCUT2D eigenvalue weighted by molar-refractivity contribution is 6.30. The molecule has 25 heavy (non-hydrogen) atoms. The number of carbonyl (C=O) groups excluding carboxylic acids is 1. The Balaban J connectivity index is 1.93. The third-order valence-corrected chi connectivity index (χ3v) is 3.98. The largest absolute Gasteiger partial charge is 0.481 e. The molecule has 0 bridgehead atoms. The fourth-order valence-electron chi connectivity index (χ4n) is 2.61. The third-order valence-electron chi connectivity index (χ3n) is 3.75. The van der Waals surface area contributed by atoms with Gasteiger partial charge >= 0.3 is 5.97 Å². The molecule has 128 valence electrons. The Labute approximate surface area is 147 Å². The zero-order chi connectivity index (χ0) is 18.0. The van der Waals surface area contributed by atoms with E-state index in [1.807, 2.05) is 0 Å². The maximum atomic E-state index is 13.7. The van der Waals surface area contributed by atoms with Crippen LogP contribution in [0, 0.1) is 5.82 Å². The molecular formula is C18H13ClFNO4. The molecule has 0 fully saturated rings. The fourth-order valence-corrected chi connectivity index (χ4v) is 2.81. The number of rotatable bonds is 5. The van der Waals surface area contributed by atoms with E-state index in [1.54, 1.807) is 24.3 Å². The fraction of sp³-hybridized carbons (Fsp3) is 0.111. The molecule has 0 aliphatic carbocycles. The van der Waals surface area contributed by atoms with Gasteiger partial charge in [-0.2, -0.15) is 0 Å². The number of nitrogens with one attached hydrogen (secondary N) is 1. The van der Waals surface area contributed by atoms with E-state index in [-0.39, 0.29) is 17.6 Å². The van der Waals surface area contributed by atoms with Crippen molar-refractivity contribution in [3.63, 3.8) is 0 Å². The molecule has 1 heterocycles. The minimum absolute atomic E-state index is 0.0230. The quantitative estimate of drug-likeness (QED) is 0.714. The normalized spacial score (nSPS) is 12.1. The SMILES string of the molecule is O=C(O)C[C@@H](NC(=O)c1ccc(F)c2occc12)c1cccc(Cl)c1. The number of furan rings is 1. The molecule has 2 N–H and O–H groups in total. The number of carboxylic acid groups (broad SMARTS) is 1. The molecule has 5 nitrogen and oxygen atoms in total. The monoisotopic (exact) mass is 361 g/mol. The smallest absolute Gasteiger partial charge is 0.305 e. The molecule has 2 aromatic carbocycles. The van der Waals surface area contributed by atoms with Crippen molar-refractivity contribution in [2.45, 2.75) is 12.5 Å². The number of aliphatic carboxylic acids is 1. The number of amides is 1. The van der Waals surface area contributed by atoms with E-state index >= 15 is 0 Å². The third kappa shape index (κ3) is 3.64. The molecule has 0 saturated heterocycles. The Hall–Kier alpha value is -2.86. The first kappa shape index (κ1) is 17.0. The lowest BCUT2D eigenvalue weighted by Crippen LogP contribution is -2.30.